The summed E-state index contributed by atoms with van der Waals surface area (Å²) in [4.78, 5) is 0. The standard InChI is InChI=1S/12C8H20P.6BFO2/c12*1-5-9(6-2,7-3)8-4;6*2-1(3)4/h12*5-8H2,1-4H3;;;;;;/q12*+1;6*-2. The van der Waals surface area contributed by atoms with Crippen LogP contribution in [0.2, 0.25) is 0 Å². The predicted octanol–water partition coefficient (Wildman–Crippen LogP) is 23.0. The van der Waals surface area contributed by atoms with Gasteiger partial charge in [0.05, 0.1) is 296 Å². The van der Waals surface area contributed by atoms with Crippen LogP contribution in [0.15, 0.2) is 0 Å². The molecule has 0 aliphatic rings. The SMILES string of the molecule is CC[P+](CC)(CC)CC.CC[P+](CC)(CC)CC.CC[P+](CC)(CC)CC.CC[P+](CC)(CC)CC.CC[P+](CC)(CC)CC.CC[P+](CC)(CC)CC.CC[P+](CC)(CC)CC.CC[P+](CC)(CC)CC.CC[P+](CC)(CC)CC.CC[P+](CC)(CC)CC.CC[P+](CC)(CC)CC.CC[P+](CC)(CC)CC.[O-]B([O-])F.[O-]B([O-])F.[O-]B([O-])F.[O-]B([O-])F.[O-]B([O-])F.[O-]B([O-])F. The van der Waals surface area contributed by atoms with E-state index in [4.69, 9.17) is 60.3 Å². The molecule has 0 heterocycles. The molecule has 0 aromatic rings. The first-order chi connectivity index (χ1) is 61.3. The highest BCUT2D eigenvalue weighted by molar-refractivity contribution is 7.79. The Labute approximate surface area is 840 Å². The van der Waals surface area contributed by atoms with Gasteiger partial charge in [-0.25, -0.2) is 0 Å². The lowest BCUT2D eigenvalue weighted by atomic mass is 10.3. The van der Waals surface area contributed by atoms with Crippen molar-refractivity contribution in [1.29, 1.82) is 0 Å². The first-order valence-electron chi connectivity index (χ1n) is 53.3. The Kier molecular flexibility index (Phi) is 164. The zero-order valence-corrected chi connectivity index (χ0v) is 109. The van der Waals surface area contributed by atoms with E-state index < -0.39 is 132 Å². The van der Waals surface area contributed by atoms with Gasteiger partial charge >= 0.3 is 0 Å². The van der Waals surface area contributed by atoms with Crippen molar-refractivity contribution in [3.05, 3.63) is 0 Å². The Hall–Kier alpha value is 4.65. The smallest absolute Gasteiger partial charge is 0.121 e. The molecule has 0 aromatic carbocycles. The van der Waals surface area contributed by atoms with Crippen molar-refractivity contribution in [2.45, 2.75) is 332 Å². The van der Waals surface area contributed by atoms with E-state index >= 15 is 0 Å². The topological polar surface area (TPSA) is 277 Å². The molecule has 0 aromatic heterocycles. The maximum absolute atomic E-state index is 9.89. The van der Waals surface area contributed by atoms with Crippen molar-refractivity contribution in [3.8, 4) is 0 Å². The van der Waals surface area contributed by atoms with Crippen LogP contribution in [0.5, 0.6) is 0 Å². The number of hydrogen-bond donors (Lipinski definition) is 0. The molecule has 0 rings (SSSR count). The number of halogens is 6. The fraction of sp³-hybridized carbons (Fsp3) is 1.00. The Bertz CT molecular complexity index is 1360. The van der Waals surface area contributed by atoms with Gasteiger partial charge in [-0.1, -0.05) is 0 Å². The van der Waals surface area contributed by atoms with Crippen LogP contribution in [0.25, 0.3) is 0 Å². The van der Waals surface area contributed by atoms with Gasteiger partial charge in [0.2, 0.25) is 0 Å². The van der Waals surface area contributed by atoms with Crippen LogP contribution in [-0.2, 0) is 0 Å². The van der Waals surface area contributed by atoms with Crippen molar-refractivity contribution in [2.75, 3.05) is 296 Å². The molecule has 0 amide bonds. The fourth-order valence-electron chi connectivity index (χ4n) is 16.1. The monoisotopic (exact) mass is 2140 g/mol. The van der Waals surface area contributed by atoms with Gasteiger partial charge in [0, 0.05) is 87.1 Å². The summed E-state index contributed by atoms with van der Waals surface area (Å²) in [5.74, 6) is 0. The second-order valence-corrected chi connectivity index (χ2v) is 95.5. The van der Waals surface area contributed by atoms with Crippen molar-refractivity contribution in [1.82, 2.24) is 0 Å². The average molecular weight is 2140 g/mol. The van der Waals surface area contributed by atoms with Crippen molar-refractivity contribution >= 4 is 132 Å². The van der Waals surface area contributed by atoms with Gasteiger partial charge in [-0.05, 0) is 332 Å². The maximum atomic E-state index is 9.89. The Morgan fingerprint density at radius 1 is 0.0909 bits per heavy atom. The molecule has 0 atom stereocenters. The van der Waals surface area contributed by atoms with Gasteiger partial charge in [0.25, 0.3) is 0 Å². The average Bonchev–Trinajstić information content (AvgIpc) is 1.02. The Balaban J connectivity index is -0.0000000656. The summed E-state index contributed by atoms with van der Waals surface area (Å²) in [5.41, 5.74) is 0. The van der Waals surface area contributed by atoms with Crippen LogP contribution in [0.3, 0.4) is 0 Å². The second kappa shape index (κ2) is 121. The molecule has 0 saturated carbocycles. The van der Waals surface area contributed by atoms with Crippen LogP contribution >= 0.6 is 87.1 Å². The van der Waals surface area contributed by atoms with Crippen molar-refractivity contribution in [2.24, 2.45) is 0 Å². The van der Waals surface area contributed by atoms with Gasteiger partial charge in [-0.2, -0.15) is 0 Å². The molecule has 0 aliphatic heterocycles. The third-order valence-electron chi connectivity index (χ3n) is 32.2. The van der Waals surface area contributed by atoms with E-state index in [-0.39, 0.29) is 0 Å². The summed E-state index contributed by atoms with van der Waals surface area (Å²) in [5, 5.41) is 99.7. The van der Waals surface area contributed by atoms with E-state index in [1.807, 2.05) is 0 Å². The molecule has 0 fully saturated rings. The lowest BCUT2D eigenvalue weighted by molar-refractivity contribution is -0.368. The lowest BCUT2D eigenvalue weighted by Gasteiger charge is -2.20. The van der Waals surface area contributed by atoms with Crippen LogP contribution in [0.1, 0.15) is 332 Å². The maximum Gasteiger partial charge on any atom is 0.121 e. The summed E-state index contributed by atoms with van der Waals surface area (Å²) in [6.07, 6.45) is 69.8. The van der Waals surface area contributed by atoms with Crippen molar-refractivity contribution in [3.63, 3.8) is 0 Å². The van der Waals surface area contributed by atoms with E-state index in [0.29, 0.717) is 0 Å². The van der Waals surface area contributed by atoms with E-state index in [9.17, 15) is 25.9 Å². The van der Waals surface area contributed by atoms with Crippen LogP contribution in [0.4, 0.5) is 25.9 Å². The van der Waals surface area contributed by atoms with Gasteiger partial charge in [0.15, 0.2) is 0 Å². The fourth-order valence-corrected chi connectivity index (χ4v) is 48.3. The quantitative estimate of drug-likeness (QED) is 0.0312. The minimum Gasteiger partial charge on any atom is -0.867 e. The van der Waals surface area contributed by atoms with Crippen LogP contribution < -0.4 is 60.3 Å². The Morgan fingerprint density at radius 2 is 0.106 bits per heavy atom. The van der Waals surface area contributed by atoms with E-state index in [1.165, 1.54) is 296 Å². The highest BCUT2D eigenvalue weighted by Gasteiger charge is 2.35. The minimum atomic E-state index is -3.17. The number of rotatable bonds is 48. The summed E-state index contributed by atoms with van der Waals surface area (Å²) in [7, 11) is -24.0. The molecule has 132 heavy (non-hydrogen) atoms. The molecule has 0 N–H and O–H groups in total. The van der Waals surface area contributed by atoms with Gasteiger partial charge in [0.1, 0.15) is 44.4 Å². The molecule has 36 heteroatoms. The zero-order valence-electron chi connectivity index (χ0n) is 97.9. The molecule has 0 unspecified atom stereocenters. The van der Waals surface area contributed by atoms with Crippen LogP contribution in [0, 0.1) is 0 Å². The molecule has 816 valence electrons. The summed E-state index contributed by atoms with van der Waals surface area (Å²) < 4.78 is 59.3. The molecular weight excluding hydrogens is 1900 g/mol. The largest absolute Gasteiger partial charge is 0.867 e. The third kappa shape index (κ3) is 109. The Morgan fingerprint density at radius 3 is 0.106 bits per heavy atom. The van der Waals surface area contributed by atoms with E-state index in [0.717, 1.165) is 0 Å². The van der Waals surface area contributed by atoms with Crippen molar-refractivity contribution < 1.29 is 86.2 Å². The predicted molar refractivity (Wildman–Crippen MR) is 630 cm³/mol. The van der Waals surface area contributed by atoms with Gasteiger partial charge < -0.3 is 86.2 Å². The first kappa shape index (κ1) is 179. The molecule has 12 nitrogen and oxygen atoms in total. The molecule has 0 radical (unpaired) electrons. The molecular formula is C96H240B6F6O12P12. The van der Waals surface area contributed by atoms with Gasteiger partial charge in [-0.15, -0.1) is 0 Å². The molecule has 0 aliphatic carbocycles. The molecule has 0 saturated heterocycles. The summed E-state index contributed by atoms with van der Waals surface area (Å²) in [6.45, 7) is 113. The second-order valence-electron chi connectivity index (χ2n) is 32.9. The zero-order chi connectivity index (χ0) is 109. The van der Waals surface area contributed by atoms with E-state index in [1.54, 1.807) is 0 Å². The summed E-state index contributed by atoms with van der Waals surface area (Å²) >= 11 is 0. The van der Waals surface area contributed by atoms with Gasteiger partial charge in [-0.3, -0.25) is 0 Å². The van der Waals surface area contributed by atoms with E-state index in [2.05, 4.69) is 332 Å². The number of hydrogen-bond acceptors (Lipinski definition) is 12. The minimum absolute atomic E-state index is 0.420. The highest BCUT2D eigenvalue weighted by Crippen LogP contribution is 2.64. The van der Waals surface area contributed by atoms with Crippen LogP contribution in [-0.4, -0.2) is 340 Å². The highest BCUT2D eigenvalue weighted by atomic mass is 31.2. The third-order valence-corrected chi connectivity index (χ3v) is 96.6. The lowest BCUT2D eigenvalue weighted by Crippen LogP contribution is -2.39. The first-order valence-corrected chi connectivity index (χ1v) is 83.6. The molecule has 0 bridgehead atoms. The molecule has 0 spiro atoms. The summed E-state index contributed by atoms with van der Waals surface area (Å²) in [6, 6.07) is 0. The normalized spacial score (nSPS) is 11.0.